The van der Waals surface area contributed by atoms with Gasteiger partial charge in [-0.3, -0.25) is 4.79 Å². The van der Waals surface area contributed by atoms with E-state index in [9.17, 15) is 9.59 Å². The van der Waals surface area contributed by atoms with Gasteiger partial charge in [0.1, 0.15) is 17.5 Å². The number of hydrogen-bond donors (Lipinski definition) is 4. The summed E-state index contributed by atoms with van der Waals surface area (Å²) in [6.07, 6.45) is 0. The van der Waals surface area contributed by atoms with Crippen LogP contribution >= 0.6 is 0 Å². The van der Waals surface area contributed by atoms with Crippen LogP contribution in [0.2, 0.25) is 0 Å². The van der Waals surface area contributed by atoms with E-state index >= 15 is 0 Å². The highest BCUT2D eigenvalue weighted by Crippen LogP contribution is 2.29. The van der Waals surface area contributed by atoms with Crippen LogP contribution < -0.4 is 25.8 Å². The van der Waals surface area contributed by atoms with Crippen LogP contribution in [0.3, 0.4) is 0 Å². The minimum absolute atomic E-state index is 0.237. The monoisotopic (exact) mass is 356 g/mol. The molecule has 0 fully saturated rings. The van der Waals surface area contributed by atoms with Gasteiger partial charge in [-0.05, 0) is 37.3 Å². The zero-order valence-electron chi connectivity index (χ0n) is 14.7. The second-order valence-electron chi connectivity index (χ2n) is 5.76. The Kier molecular flexibility index (Phi) is 4.83. The molecule has 0 spiro atoms. The number of fused-ring (bicyclic) bond motifs is 1. The number of nitrogens with one attached hydrogen (secondary N) is 4. The summed E-state index contributed by atoms with van der Waals surface area (Å²) in [5.41, 5.74) is 2.35. The molecule has 1 amide bonds. The molecule has 0 radical (unpaired) electrons. The lowest BCUT2D eigenvalue weighted by atomic mass is 10.2. The van der Waals surface area contributed by atoms with E-state index in [4.69, 9.17) is 9.47 Å². The number of methoxy groups -OCH3 is 2. The van der Waals surface area contributed by atoms with Gasteiger partial charge in [0.05, 0.1) is 30.9 Å². The van der Waals surface area contributed by atoms with Crippen molar-refractivity contribution >= 4 is 28.3 Å². The second kappa shape index (κ2) is 7.22. The van der Waals surface area contributed by atoms with Crippen LogP contribution in [-0.2, 0) is 4.79 Å². The van der Waals surface area contributed by atoms with Crippen molar-refractivity contribution in [2.24, 2.45) is 0 Å². The number of aromatic amines is 2. The van der Waals surface area contributed by atoms with Crippen molar-refractivity contribution in [3.63, 3.8) is 0 Å². The third-order valence-corrected chi connectivity index (χ3v) is 3.96. The van der Waals surface area contributed by atoms with Crippen molar-refractivity contribution in [3.05, 3.63) is 46.9 Å². The molecule has 136 valence electrons. The first-order chi connectivity index (χ1) is 12.5. The molecule has 1 aromatic heterocycles. The van der Waals surface area contributed by atoms with Crippen LogP contribution in [0.25, 0.3) is 11.0 Å². The summed E-state index contributed by atoms with van der Waals surface area (Å²) in [5, 5.41) is 5.94. The van der Waals surface area contributed by atoms with Gasteiger partial charge >= 0.3 is 5.69 Å². The summed E-state index contributed by atoms with van der Waals surface area (Å²) in [4.78, 5) is 29.2. The van der Waals surface area contributed by atoms with Crippen LogP contribution in [0.1, 0.15) is 6.92 Å². The molecule has 0 saturated carbocycles. The minimum Gasteiger partial charge on any atom is -0.497 e. The second-order valence-corrected chi connectivity index (χ2v) is 5.76. The van der Waals surface area contributed by atoms with Gasteiger partial charge in [0, 0.05) is 11.8 Å². The van der Waals surface area contributed by atoms with Crippen LogP contribution in [0.5, 0.6) is 11.5 Å². The number of anilines is 2. The molecule has 0 saturated heterocycles. The minimum atomic E-state index is -0.519. The van der Waals surface area contributed by atoms with E-state index in [1.807, 2.05) is 0 Å². The van der Waals surface area contributed by atoms with Crippen molar-refractivity contribution in [3.8, 4) is 11.5 Å². The summed E-state index contributed by atoms with van der Waals surface area (Å²) in [6.45, 7) is 1.74. The van der Waals surface area contributed by atoms with Crippen LogP contribution in [0, 0.1) is 0 Å². The zero-order valence-corrected chi connectivity index (χ0v) is 14.7. The Morgan fingerprint density at radius 1 is 1.04 bits per heavy atom. The molecule has 1 atom stereocenters. The molecule has 1 heterocycles. The predicted octanol–water partition coefficient (Wildman–Crippen LogP) is 2.31. The zero-order chi connectivity index (χ0) is 18.7. The van der Waals surface area contributed by atoms with Gasteiger partial charge in [0.2, 0.25) is 5.91 Å². The Hall–Kier alpha value is -3.42. The first kappa shape index (κ1) is 17.4. The molecule has 8 nitrogen and oxygen atoms in total. The Bertz CT molecular complexity index is 992. The number of benzene rings is 2. The van der Waals surface area contributed by atoms with Crippen LogP contribution in [-0.4, -0.2) is 36.1 Å². The maximum atomic E-state index is 12.5. The number of H-pyrrole nitrogens is 2. The number of carbonyl (C=O) groups is 1. The molecule has 3 aromatic rings. The molecule has 2 aromatic carbocycles. The number of amides is 1. The number of rotatable bonds is 6. The average molecular weight is 356 g/mol. The molecule has 3 rings (SSSR count). The van der Waals surface area contributed by atoms with Crippen molar-refractivity contribution in [2.45, 2.75) is 13.0 Å². The van der Waals surface area contributed by atoms with Crippen molar-refractivity contribution in [1.82, 2.24) is 9.97 Å². The van der Waals surface area contributed by atoms with E-state index in [2.05, 4.69) is 20.6 Å². The highest BCUT2D eigenvalue weighted by Gasteiger charge is 2.16. The van der Waals surface area contributed by atoms with Gasteiger partial charge < -0.3 is 30.1 Å². The number of aromatic nitrogens is 2. The fourth-order valence-corrected chi connectivity index (χ4v) is 2.59. The molecule has 0 aliphatic heterocycles. The summed E-state index contributed by atoms with van der Waals surface area (Å²) in [5.74, 6) is 0.917. The maximum absolute atomic E-state index is 12.5. The van der Waals surface area contributed by atoms with E-state index in [0.29, 0.717) is 33.9 Å². The molecular weight excluding hydrogens is 336 g/mol. The third kappa shape index (κ3) is 3.64. The summed E-state index contributed by atoms with van der Waals surface area (Å²) < 4.78 is 10.4. The molecule has 1 unspecified atom stereocenters. The van der Waals surface area contributed by atoms with Gasteiger partial charge in [-0.1, -0.05) is 0 Å². The number of hydrogen-bond acceptors (Lipinski definition) is 5. The standard InChI is InChI=1S/C18H20N4O4/c1-10(19-11-4-6-13-14(8-11)22-18(24)21-13)17(23)20-15-9-12(25-2)5-7-16(15)26-3/h4-10,19H,1-3H3,(H,20,23)(H2,21,22,24). The first-order valence-electron chi connectivity index (χ1n) is 8.01. The molecule has 26 heavy (non-hydrogen) atoms. The highest BCUT2D eigenvalue weighted by atomic mass is 16.5. The van der Waals surface area contributed by atoms with Crippen molar-refractivity contribution in [1.29, 1.82) is 0 Å². The summed E-state index contributed by atoms with van der Waals surface area (Å²) in [6, 6.07) is 9.98. The molecule has 0 aliphatic rings. The van der Waals surface area contributed by atoms with Gasteiger partial charge in [0.15, 0.2) is 0 Å². The summed E-state index contributed by atoms with van der Waals surface area (Å²) >= 11 is 0. The molecule has 4 N–H and O–H groups in total. The first-order valence-corrected chi connectivity index (χ1v) is 8.01. The average Bonchev–Trinajstić information content (AvgIpc) is 3.00. The predicted molar refractivity (Wildman–Crippen MR) is 100 cm³/mol. The number of carbonyl (C=O) groups excluding carboxylic acids is 1. The topological polar surface area (TPSA) is 108 Å². The van der Waals surface area contributed by atoms with Crippen molar-refractivity contribution in [2.75, 3.05) is 24.9 Å². The van der Waals surface area contributed by atoms with Gasteiger partial charge in [-0.25, -0.2) is 4.79 Å². The van der Waals surface area contributed by atoms with E-state index in [1.54, 1.807) is 50.4 Å². The van der Waals surface area contributed by atoms with E-state index in [0.717, 1.165) is 0 Å². The Balaban J connectivity index is 1.73. The largest absolute Gasteiger partial charge is 0.497 e. The van der Waals surface area contributed by atoms with Gasteiger partial charge in [0.25, 0.3) is 0 Å². The van der Waals surface area contributed by atoms with Crippen LogP contribution in [0.15, 0.2) is 41.2 Å². The molecule has 0 bridgehead atoms. The Labute approximate surface area is 149 Å². The number of ether oxygens (including phenoxy) is 2. The molecule has 0 aliphatic carbocycles. The summed E-state index contributed by atoms with van der Waals surface area (Å²) in [7, 11) is 3.09. The normalized spacial score (nSPS) is 11.8. The van der Waals surface area contributed by atoms with E-state index < -0.39 is 6.04 Å². The number of imidazole rings is 1. The van der Waals surface area contributed by atoms with Gasteiger partial charge in [-0.2, -0.15) is 0 Å². The fourth-order valence-electron chi connectivity index (χ4n) is 2.59. The SMILES string of the molecule is COc1ccc(OC)c(NC(=O)C(C)Nc2ccc3[nH]c(=O)[nH]c3c2)c1. The Morgan fingerprint density at radius 2 is 1.81 bits per heavy atom. The Morgan fingerprint density at radius 3 is 2.54 bits per heavy atom. The fraction of sp³-hybridized carbons (Fsp3) is 0.222. The lowest BCUT2D eigenvalue weighted by Gasteiger charge is -2.17. The quantitative estimate of drug-likeness (QED) is 0.542. The molecular formula is C18H20N4O4. The lowest BCUT2D eigenvalue weighted by molar-refractivity contribution is -0.116. The lowest BCUT2D eigenvalue weighted by Crippen LogP contribution is -2.32. The van der Waals surface area contributed by atoms with Gasteiger partial charge in [-0.15, -0.1) is 0 Å². The van der Waals surface area contributed by atoms with E-state index in [1.165, 1.54) is 7.11 Å². The maximum Gasteiger partial charge on any atom is 0.323 e. The third-order valence-electron chi connectivity index (χ3n) is 3.96. The van der Waals surface area contributed by atoms with E-state index in [-0.39, 0.29) is 11.6 Å². The smallest absolute Gasteiger partial charge is 0.323 e. The van der Waals surface area contributed by atoms with Crippen LogP contribution in [0.4, 0.5) is 11.4 Å². The molecule has 8 heteroatoms. The van der Waals surface area contributed by atoms with Crippen molar-refractivity contribution < 1.29 is 14.3 Å². The highest BCUT2D eigenvalue weighted by molar-refractivity contribution is 5.97.